The van der Waals surface area contributed by atoms with Crippen LogP contribution in [0.5, 0.6) is 5.75 Å². The van der Waals surface area contributed by atoms with Crippen LogP contribution in [-0.4, -0.2) is 42.9 Å². The first-order valence-corrected chi connectivity index (χ1v) is 12.2. The SMILES string of the molecule is COc1ccccc1CN(CC(=O)OC(C)(C)C)S(=O)(=O)c1ccc2c(Cl)cnc(Cl)c2c1. The minimum atomic E-state index is -4.15. The van der Waals surface area contributed by atoms with Crippen LogP contribution in [-0.2, 0) is 26.1 Å². The van der Waals surface area contributed by atoms with E-state index >= 15 is 0 Å². The fourth-order valence-corrected chi connectivity index (χ4v) is 5.04. The first kappa shape index (κ1) is 25.2. The molecule has 2 aromatic carbocycles. The zero-order chi connectivity index (χ0) is 24.4. The van der Waals surface area contributed by atoms with Gasteiger partial charge in [0.15, 0.2) is 0 Å². The van der Waals surface area contributed by atoms with Crippen LogP contribution in [0.15, 0.2) is 53.6 Å². The zero-order valence-corrected chi connectivity index (χ0v) is 21.0. The minimum absolute atomic E-state index is 0.0561. The summed E-state index contributed by atoms with van der Waals surface area (Å²) in [5.41, 5.74) is -0.175. The monoisotopic (exact) mass is 510 g/mol. The van der Waals surface area contributed by atoms with Crippen molar-refractivity contribution in [1.82, 2.24) is 9.29 Å². The van der Waals surface area contributed by atoms with Gasteiger partial charge in [0.05, 0.1) is 17.0 Å². The Morgan fingerprint density at radius 2 is 1.79 bits per heavy atom. The summed E-state index contributed by atoms with van der Waals surface area (Å²) in [5, 5.41) is 1.42. The molecule has 0 unspecified atom stereocenters. The molecule has 10 heteroatoms. The third-order valence-electron chi connectivity index (χ3n) is 4.66. The van der Waals surface area contributed by atoms with Gasteiger partial charge in [0.1, 0.15) is 23.0 Å². The number of rotatable bonds is 7. The molecule has 0 radical (unpaired) electrons. The number of esters is 1. The summed E-state index contributed by atoms with van der Waals surface area (Å²) in [6.07, 6.45) is 1.40. The quantitative estimate of drug-likeness (QED) is 0.325. The molecule has 33 heavy (non-hydrogen) atoms. The van der Waals surface area contributed by atoms with Crippen LogP contribution in [0.2, 0.25) is 10.2 Å². The van der Waals surface area contributed by atoms with Crippen LogP contribution < -0.4 is 4.74 Å². The van der Waals surface area contributed by atoms with Crippen molar-refractivity contribution < 1.29 is 22.7 Å². The number of aromatic nitrogens is 1. The summed E-state index contributed by atoms with van der Waals surface area (Å²) in [5.74, 6) is -0.177. The van der Waals surface area contributed by atoms with Crippen LogP contribution in [0.3, 0.4) is 0 Å². The maximum absolute atomic E-state index is 13.7. The van der Waals surface area contributed by atoms with Crippen molar-refractivity contribution >= 4 is 50.0 Å². The molecule has 0 amide bonds. The van der Waals surface area contributed by atoms with E-state index in [4.69, 9.17) is 32.7 Å². The van der Waals surface area contributed by atoms with E-state index in [1.807, 2.05) is 0 Å². The summed E-state index contributed by atoms with van der Waals surface area (Å²) >= 11 is 12.4. The Balaban J connectivity index is 2.06. The normalized spacial score (nSPS) is 12.2. The molecule has 0 saturated heterocycles. The Labute approximate surface area is 203 Å². The molecule has 0 saturated carbocycles. The van der Waals surface area contributed by atoms with E-state index in [0.29, 0.717) is 27.1 Å². The van der Waals surface area contributed by atoms with E-state index in [1.54, 1.807) is 51.1 Å². The molecule has 0 atom stereocenters. The Kier molecular flexibility index (Phi) is 7.53. The number of ether oxygens (including phenoxy) is 2. The van der Waals surface area contributed by atoms with Gasteiger partial charge < -0.3 is 9.47 Å². The van der Waals surface area contributed by atoms with Gasteiger partial charge in [-0.2, -0.15) is 4.31 Å². The number of methoxy groups -OCH3 is 1. The predicted molar refractivity (Wildman–Crippen MR) is 128 cm³/mol. The number of carbonyl (C=O) groups excluding carboxylic acids is 1. The predicted octanol–water partition coefficient (Wildman–Crippen LogP) is 5.08. The highest BCUT2D eigenvalue weighted by Gasteiger charge is 2.30. The Morgan fingerprint density at radius 1 is 1.09 bits per heavy atom. The second-order valence-electron chi connectivity index (χ2n) is 8.28. The Bertz CT molecular complexity index is 1290. The van der Waals surface area contributed by atoms with E-state index in [9.17, 15) is 13.2 Å². The van der Waals surface area contributed by atoms with Gasteiger partial charge in [0, 0.05) is 29.1 Å². The molecular weight excluding hydrogens is 487 g/mol. The zero-order valence-electron chi connectivity index (χ0n) is 18.6. The lowest BCUT2D eigenvalue weighted by molar-refractivity contribution is -0.155. The van der Waals surface area contributed by atoms with Gasteiger partial charge in [-0.05, 0) is 39.0 Å². The number of para-hydroxylation sites is 1. The van der Waals surface area contributed by atoms with Crippen LogP contribution in [0.4, 0.5) is 0 Å². The lowest BCUT2D eigenvalue weighted by Gasteiger charge is -2.25. The van der Waals surface area contributed by atoms with Crippen molar-refractivity contribution in [2.75, 3.05) is 13.7 Å². The summed E-state index contributed by atoms with van der Waals surface area (Å²) in [4.78, 5) is 16.5. The van der Waals surface area contributed by atoms with Crippen molar-refractivity contribution in [1.29, 1.82) is 0 Å². The van der Waals surface area contributed by atoms with Gasteiger partial charge >= 0.3 is 5.97 Å². The second-order valence-corrected chi connectivity index (χ2v) is 11.0. The molecule has 176 valence electrons. The largest absolute Gasteiger partial charge is 0.496 e. The van der Waals surface area contributed by atoms with E-state index < -0.39 is 28.1 Å². The number of fused-ring (bicyclic) bond motifs is 1. The summed E-state index contributed by atoms with van der Waals surface area (Å²) < 4.78 is 39.1. The van der Waals surface area contributed by atoms with Crippen LogP contribution in [0, 0.1) is 0 Å². The number of hydrogen-bond donors (Lipinski definition) is 0. The fourth-order valence-electron chi connectivity index (χ4n) is 3.23. The first-order chi connectivity index (χ1) is 15.4. The lowest BCUT2D eigenvalue weighted by Crippen LogP contribution is -2.38. The third kappa shape index (κ3) is 5.95. The molecule has 0 aliphatic rings. The van der Waals surface area contributed by atoms with E-state index in [1.165, 1.54) is 25.4 Å². The number of benzene rings is 2. The minimum Gasteiger partial charge on any atom is -0.496 e. The number of halogens is 2. The summed E-state index contributed by atoms with van der Waals surface area (Å²) in [6.45, 7) is 4.55. The van der Waals surface area contributed by atoms with Crippen LogP contribution in [0.25, 0.3) is 10.8 Å². The van der Waals surface area contributed by atoms with E-state index in [0.717, 1.165) is 4.31 Å². The molecule has 0 aliphatic heterocycles. The van der Waals surface area contributed by atoms with Gasteiger partial charge in [-0.15, -0.1) is 0 Å². The van der Waals surface area contributed by atoms with Gasteiger partial charge in [0.25, 0.3) is 0 Å². The van der Waals surface area contributed by atoms with Gasteiger partial charge in [-0.3, -0.25) is 4.79 Å². The fraction of sp³-hybridized carbons (Fsp3) is 0.304. The molecule has 0 spiro atoms. The smallest absolute Gasteiger partial charge is 0.321 e. The van der Waals surface area contributed by atoms with Crippen molar-refractivity contribution in [2.24, 2.45) is 0 Å². The number of sulfonamides is 1. The Morgan fingerprint density at radius 3 is 2.45 bits per heavy atom. The Hall–Kier alpha value is -2.39. The third-order valence-corrected chi connectivity index (χ3v) is 7.05. The van der Waals surface area contributed by atoms with Crippen molar-refractivity contribution in [3.05, 3.63) is 64.4 Å². The topological polar surface area (TPSA) is 85.8 Å². The molecular formula is C23H24Cl2N2O5S. The highest BCUT2D eigenvalue weighted by Crippen LogP contribution is 2.31. The van der Waals surface area contributed by atoms with Crippen LogP contribution in [0.1, 0.15) is 26.3 Å². The molecule has 7 nitrogen and oxygen atoms in total. The molecule has 3 aromatic rings. The molecule has 1 aromatic heterocycles. The van der Waals surface area contributed by atoms with Crippen molar-refractivity contribution in [2.45, 2.75) is 37.8 Å². The lowest BCUT2D eigenvalue weighted by atomic mass is 10.2. The molecule has 0 bridgehead atoms. The van der Waals surface area contributed by atoms with Gasteiger partial charge in [-0.25, -0.2) is 13.4 Å². The maximum atomic E-state index is 13.7. The summed E-state index contributed by atoms with van der Waals surface area (Å²) in [6, 6.07) is 11.4. The average Bonchev–Trinajstić information content (AvgIpc) is 2.74. The van der Waals surface area contributed by atoms with Crippen molar-refractivity contribution in [3.63, 3.8) is 0 Å². The van der Waals surface area contributed by atoms with Crippen molar-refractivity contribution in [3.8, 4) is 5.75 Å². The van der Waals surface area contributed by atoms with E-state index in [-0.39, 0.29) is 16.6 Å². The molecule has 0 fully saturated rings. The maximum Gasteiger partial charge on any atom is 0.321 e. The average molecular weight is 511 g/mol. The molecule has 0 N–H and O–H groups in total. The number of hydrogen-bond acceptors (Lipinski definition) is 6. The van der Waals surface area contributed by atoms with E-state index in [2.05, 4.69) is 4.98 Å². The highest BCUT2D eigenvalue weighted by molar-refractivity contribution is 7.89. The molecule has 0 aliphatic carbocycles. The summed E-state index contributed by atoms with van der Waals surface area (Å²) in [7, 11) is -2.65. The highest BCUT2D eigenvalue weighted by atomic mass is 35.5. The van der Waals surface area contributed by atoms with Gasteiger partial charge in [0.2, 0.25) is 10.0 Å². The first-order valence-electron chi connectivity index (χ1n) is 10.00. The number of nitrogens with zero attached hydrogens (tertiary/aromatic N) is 2. The number of pyridine rings is 1. The molecule has 1 heterocycles. The standard InChI is InChI=1S/C23H24Cl2N2O5S/c1-23(2,3)32-21(28)14-27(13-15-7-5-6-8-20(15)31-4)33(29,30)16-9-10-17-18(11-16)22(25)26-12-19(17)24/h5-12H,13-14H2,1-4H3. The second kappa shape index (κ2) is 9.85. The molecule has 3 rings (SSSR count). The number of carbonyl (C=O) groups is 1. The van der Waals surface area contributed by atoms with Gasteiger partial charge in [-0.1, -0.05) is 47.5 Å². The van der Waals surface area contributed by atoms with Crippen LogP contribution >= 0.6 is 23.2 Å².